The molecule has 3 N–H and O–H groups in total. The summed E-state index contributed by atoms with van der Waals surface area (Å²) >= 11 is 0. The van der Waals surface area contributed by atoms with Gasteiger partial charge in [-0.15, -0.1) is 0 Å². The van der Waals surface area contributed by atoms with E-state index in [9.17, 15) is 19.8 Å². The van der Waals surface area contributed by atoms with Crippen molar-refractivity contribution < 1.29 is 24.3 Å². The summed E-state index contributed by atoms with van der Waals surface area (Å²) in [6.45, 7) is 24.4. The number of rotatable bonds is 17. The lowest BCUT2D eigenvalue weighted by atomic mass is 9.59. The van der Waals surface area contributed by atoms with Crippen LogP contribution in [0.3, 0.4) is 0 Å². The minimum Gasteiger partial charge on any atom is -0.481 e. The highest BCUT2D eigenvalue weighted by molar-refractivity contribution is 5.82. The Morgan fingerprint density at radius 1 is 0.975 bits per heavy atom. The molecule has 0 aliphatic heterocycles. The molecular formula is C34H59N2O4+. The molecule has 6 nitrogen and oxygen atoms in total. The van der Waals surface area contributed by atoms with Gasteiger partial charge >= 0.3 is 5.97 Å². The van der Waals surface area contributed by atoms with Crippen molar-refractivity contribution in [2.75, 3.05) is 33.7 Å². The van der Waals surface area contributed by atoms with Crippen LogP contribution in [0.2, 0.25) is 0 Å². The van der Waals surface area contributed by atoms with Crippen molar-refractivity contribution in [3.8, 4) is 0 Å². The number of aliphatic hydroxyl groups excluding tert-OH is 1. The van der Waals surface area contributed by atoms with Crippen LogP contribution in [0.4, 0.5) is 0 Å². The lowest BCUT2D eigenvalue weighted by Crippen LogP contribution is -2.44. The van der Waals surface area contributed by atoms with Crippen molar-refractivity contribution in [1.82, 2.24) is 5.32 Å². The first-order valence-electron chi connectivity index (χ1n) is 14.9. The Hall–Kier alpha value is -2.18. The molecule has 0 fully saturated rings. The number of carboxylic acid groups (broad SMARTS) is 1. The fourth-order valence-corrected chi connectivity index (χ4v) is 5.34. The van der Waals surface area contributed by atoms with E-state index in [1.165, 1.54) is 0 Å². The van der Waals surface area contributed by atoms with Crippen LogP contribution in [0.15, 0.2) is 42.5 Å². The Morgan fingerprint density at radius 2 is 1.55 bits per heavy atom. The molecule has 0 aliphatic rings. The lowest BCUT2D eigenvalue weighted by Gasteiger charge is -2.46. The number of hydrogen-bond donors (Lipinski definition) is 3. The Bertz CT molecular complexity index is 960. The Kier molecular flexibility index (Phi) is 13.1. The van der Waals surface area contributed by atoms with E-state index in [2.05, 4.69) is 81.4 Å². The molecule has 0 saturated heterocycles. The van der Waals surface area contributed by atoms with E-state index in [4.69, 9.17) is 0 Å². The second kappa shape index (κ2) is 14.6. The summed E-state index contributed by atoms with van der Waals surface area (Å²) in [6, 6.07) is 9.62. The normalized spacial score (nSPS) is 15.3. The van der Waals surface area contributed by atoms with Gasteiger partial charge in [0.25, 0.3) is 0 Å². The maximum Gasteiger partial charge on any atom is 0.307 e. The predicted octanol–water partition coefficient (Wildman–Crippen LogP) is 6.85. The zero-order chi connectivity index (χ0) is 30.9. The van der Waals surface area contributed by atoms with Crippen LogP contribution >= 0.6 is 0 Å². The molecule has 3 unspecified atom stereocenters. The molecular weight excluding hydrogens is 500 g/mol. The molecule has 40 heavy (non-hydrogen) atoms. The second-order valence-corrected chi connectivity index (χ2v) is 15.1. The lowest BCUT2D eigenvalue weighted by molar-refractivity contribution is -0.894. The summed E-state index contributed by atoms with van der Waals surface area (Å²) in [7, 11) is 4.12. The van der Waals surface area contributed by atoms with E-state index >= 15 is 0 Å². The summed E-state index contributed by atoms with van der Waals surface area (Å²) in [5.41, 5.74) is 2.20. The molecule has 1 aromatic carbocycles. The number of allylic oxidation sites excluding steroid dienone is 1. The first-order valence-corrected chi connectivity index (χ1v) is 14.9. The molecule has 1 amide bonds. The van der Waals surface area contributed by atoms with Crippen LogP contribution in [-0.2, 0) is 9.59 Å². The third kappa shape index (κ3) is 12.1. The summed E-state index contributed by atoms with van der Waals surface area (Å²) in [6.07, 6.45) is 2.27. The average molecular weight is 560 g/mol. The maximum absolute atomic E-state index is 12.6. The standard InChI is InChI=1S/C34H58N2O4/c1-25(20-26(2)33(6,7)24-34(8,9)32(3,4)5)21-28(31(39)40)22-30(38)35-18-15-19-36(10,11)23-29(37)27-16-13-12-14-17-27/h12-14,16-17,26,28-29,37H,1,15,18-24H2,2-11H3,(H-,35,38,39,40)/p+1. The second-order valence-electron chi connectivity index (χ2n) is 15.1. The number of aliphatic carboxylic acids is 1. The Balaban J connectivity index is 2.54. The number of nitrogens with zero attached hydrogens (tertiary/aromatic N) is 1. The highest BCUT2D eigenvalue weighted by atomic mass is 16.4. The fourth-order valence-electron chi connectivity index (χ4n) is 5.34. The van der Waals surface area contributed by atoms with Gasteiger partial charge in [0.2, 0.25) is 5.91 Å². The smallest absolute Gasteiger partial charge is 0.307 e. The minimum atomic E-state index is -0.954. The van der Waals surface area contributed by atoms with Gasteiger partial charge in [0.15, 0.2) is 0 Å². The molecule has 0 bridgehead atoms. The van der Waals surface area contributed by atoms with E-state index in [-0.39, 0.29) is 28.6 Å². The van der Waals surface area contributed by atoms with Gasteiger partial charge in [-0.25, -0.2) is 0 Å². The van der Waals surface area contributed by atoms with Crippen molar-refractivity contribution in [2.24, 2.45) is 28.1 Å². The highest BCUT2D eigenvalue weighted by Crippen LogP contribution is 2.49. The number of carbonyl (C=O) groups is 2. The highest BCUT2D eigenvalue weighted by Gasteiger charge is 2.40. The molecule has 0 aromatic heterocycles. The van der Waals surface area contributed by atoms with Crippen molar-refractivity contribution in [3.05, 3.63) is 48.0 Å². The van der Waals surface area contributed by atoms with Gasteiger partial charge in [0.1, 0.15) is 12.6 Å². The van der Waals surface area contributed by atoms with Gasteiger partial charge in [-0.3, -0.25) is 9.59 Å². The topological polar surface area (TPSA) is 86.6 Å². The molecule has 3 atom stereocenters. The largest absolute Gasteiger partial charge is 0.481 e. The summed E-state index contributed by atoms with van der Waals surface area (Å²) in [5, 5.41) is 23.3. The van der Waals surface area contributed by atoms with Crippen LogP contribution in [0, 0.1) is 28.1 Å². The van der Waals surface area contributed by atoms with Crippen LogP contribution in [0.1, 0.15) is 99.2 Å². The molecule has 0 radical (unpaired) electrons. The molecule has 1 aromatic rings. The van der Waals surface area contributed by atoms with Crippen molar-refractivity contribution in [3.63, 3.8) is 0 Å². The summed E-state index contributed by atoms with van der Waals surface area (Å²) < 4.78 is 0.616. The first-order chi connectivity index (χ1) is 18.2. The summed E-state index contributed by atoms with van der Waals surface area (Å²) in [4.78, 5) is 24.6. The van der Waals surface area contributed by atoms with E-state index in [0.717, 1.165) is 36.9 Å². The summed E-state index contributed by atoms with van der Waals surface area (Å²) in [5.74, 6) is -1.63. The number of aliphatic hydroxyl groups is 1. The van der Waals surface area contributed by atoms with Crippen molar-refractivity contribution >= 4 is 11.9 Å². The predicted molar refractivity (Wildman–Crippen MR) is 166 cm³/mol. The molecule has 0 saturated carbocycles. The first kappa shape index (κ1) is 35.8. The van der Waals surface area contributed by atoms with Gasteiger partial charge in [-0.05, 0) is 47.0 Å². The monoisotopic (exact) mass is 559 g/mol. The van der Waals surface area contributed by atoms with Crippen molar-refractivity contribution in [2.45, 2.75) is 93.6 Å². The zero-order valence-corrected chi connectivity index (χ0v) is 27.1. The number of quaternary nitrogens is 1. The van der Waals surface area contributed by atoms with Crippen molar-refractivity contribution in [1.29, 1.82) is 0 Å². The van der Waals surface area contributed by atoms with Gasteiger partial charge in [-0.2, -0.15) is 0 Å². The third-order valence-corrected chi connectivity index (χ3v) is 9.29. The number of benzene rings is 1. The van der Waals surface area contributed by atoms with Gasteiger partial charge in [0.05, 0.1) is 26.6 Å². The fraction of sp³-hybridized carbons (Fsp3) is 0.706. The molecule has 6 heteroatoms. The molecule has 1 rings (SSSR count). The Morgan fingerprint density at radius 3 is 2.08 bits per heavy atom. The quantitative estimate of drug-likeness (QED) is 0.111. The Labute approximate surface area is 244 Å². The van der Waals surface area contributed by atoms with Crippen LogP contribution < -0.4 is 5.32 Å². The molecule has 0 spiro atoms. The van der Waals surface area contributed by atoms with Crippen LogP contribution in [0.25, 0.3) is 0 Å². The van der Waals surface area contributed by atoms with Gasteiger partial charge < -0.3 is 20.0 Å². The van der Waals surface area contributed by atoms with E-state index in [1.54, 1.807) is 0 Å². The molecule has 228 valence electrons. The maximum atomic E-state index is 12.6. The van der Waals surface area contributed by atoms with Gasteiger partial charge in [-0.1, -0.05) is 97.9 Å². The SMILES string of the molecule is C=C(CC(CC(=O)NCCC[N+](C)(C)CC(O)c1ccccc1)C(=O)O)CC(C)C(C)(C)CC(C)(C)C(C)(C)C. The number of likely N-dealkylation sites (N-methyl/N-ethyl adjacent to an activating group) is 1. The van der Waals surface area contributed by atoms with Gasteiger partial charge in [0, 0.05) is 19.4 Å². The van der Waals surface area contributed by atoms with Crippen LogP contribution in [0.5, 0.6) is 0 Å². The number of amides is 1. The van der Waals surface area contributed by atoms with Crippen LogP contribution in [-0.4, -0.2) is 60.3 Å². The molecule has 0 aliphatic carbocycles. The van der Waals surface area contributed by atoms with E-state index in [1.807, 2.05) is 30.3 Å². The minimum absolute atomic E-state index is 0.0475. The van der Waals surface area contributed by atoms with E-state index < -0.39 is 18.0 Å². The number of nitrogens with one attached hydrogen (secondary N) is 1. The number of hydrogen-bond acceptors (Lipinski definition) is 3. The number of carboxylic acids is 1. The van der Waals surface area contributed by atoms with E-state index in [0.29, 0.717) is 29.9 Å². The third-order valence-electron chi connectivity index (χ3n) is 9.29. The molecule has 0 heterocycles. The average Bonchev–Trinajstić information content (AvgIpc) is 2.80. The zero-order valence-electron chi connectivity index (χ0n) is 27.1. The number of carbonyl (C=O) groups excluding carboxylic acids is 1.